The standard InChI is InChI=1S/C23H18ClF3N2O4S/c1-3-33-22(32)17-12(2)18(20(31)28-16-10-5-4-9-15(16)23(25,26)27)34-21(17)29-19(30)13-7-6-8-14(24)11-13/h4-11H,3H2,1-2H3,(H,28,31)(H,29,30). The lowest BCUT2D eigenvalue weighted by atomic mass is 10.1. The predicted molar refractivity (Wildman–Crippen MR) is 124 cm³/mol. The van der Waals surface area contributed by atoms with Gasteiger partial charge in [0.05, 0.1) is 28.3 Å². The van der Waals surface area contributed by atoms with Gasteiger partial charge in [0.25, 0.3) is 11.8 Å². The molecule has 2 N–H and O–H groups in total. The maximum atomic E-state index is 13.3. The van der Waals surface area contributed by atoms with Gasteiger partial charge >= 0.3 is 12.1 Å². The molecule has 0 atom stereocenters. The maximum absolute atomic E-state index is 13.3. The van der Waals surface area contributed by atoms with Crippen LogP contribution in [0.5, 0.6) is 0 Å². The van der Waals surface area contributed by atoms with Gasteiger partial charge in [-0.05, 0) is 49.7 Å². The van der Waals surface area contributed by atoms with Crippen molar-refractivity contribution in [2.24, 2.45) is 0 Å². The number of carbonyl (C=O) groups is 3. The third-order valence-electron chi connectivity index (χ3n) is 4.63. The fourth-order valence-electron chi connectivity index (χ4n) is 3.09. The number of amides is 2. The Morgan fingerprint density at radius 1 is 1.03 bits per heavy atom. The Morgan fingerprint density at radius 2 is 1.74 bits per heavy atom. The molecule has 1 heterocycles. The van der Waals surface area contributed by atoms with Gasteiger partial charge in [0.1, 0.15) is 5.00 Å². The monoisotopic (exact) mass is 510 g/mol. The number of ether oxygens (including phenoxy) is 1. The van der Waals surface area contributed by atoms with E-state index in [2.05, 4.69) is 10.6 Å². The van der Waals surface area contributed by atoms with Gasteiger partial charge in [0, 0.05) is 10.6 Å². The number of esters is 1. The molecule has 3 rings (SSSR count). The summed E-state index contributed by atoms with van der Waals surface area (Å²) in [5.41, 5.74) is -1.14. The van der Waals surface area contributed by atoms with Crippen molar-refractivity contribution in [1.29, 1.82) is 0 Å². The highest BCUT2D eigenvalue weighted by molar-refractivity contribution is 7.19. The van der Waals surface area contributed by atoms with Gasteiger partial charge in [0.15, 0.2) is 0 Å². The van der Waals surface area contributed by atoms with Crippen LogP contribution in [0.25, 0.3) is 0 Å². The Morgan fingerprint density at radius 3 is 2.38 bits per heavy atom. The van der Waals surface area contributed by atoms with Crippen LogP contribution < -0.4 is 10.6 Å². The molecular formula is C23H18ClF3N2O4S. The third kappa shape index (κ3) is 5.57. The number of alkyl halides is 3. The minimum atomic E-state index is -4.68. The van der Waals surface area contributed by atoms with E-state index in [9.17, 15) is 27.6 Å². The van der Waals surface area contributed by atoms with Crippen LogP contribution >= 0.6 is 22.9 Å². The van der Waals surface area contributed by atoms with Gasteiger partial charge in [-0.2, -0.15) is 13.2 Å². The zero-order chi connectivity index (χ0) is 25.0. The van der Waals surface area contributed by atoms with Crippen LogP contribution in [-0.2, 0) is 10.9 Å². The predicted octanol–water partition coefficient (Wildman–Crippen LogP) is 6.41. The fraction of sp³-hybridized carbons (Fsp3) is 0.174. The highest BCUT2D eigenvalue weighted by atomic mass is 35.5. The first-order valence-corrected chi connectivity index (χ1v) is 11.1. The van der Waals surface area contributed by atoms with E-state index < -0.39 is 35.2 Å². The molecule has 0 saturated carbocycles. The zero-order valence-electron chi connectivity index (χ0n) is 17.9. The summed E-state index contributed by atoms with van der Waals surface area (Å²) in [5.74, 6) is -2.25. The van der Waals surface area contributed by atoms with E-state index in [0.717, 1.165) is 23.5 Å². The summed E-state index contributed by atoms with van der Waals surface area (Å²) in [7, 11) is 0. The molecule has 0 aliphatic heterocycles. The molecule has 0 saturated heterocycles. The second-order valence-electron chi connectivity index (χ2n) is 6.94. The number of carbonyl (C=O) groups excluding carboxylic acids is 3. The number of nitrogens with one attached hydrogen (secondary N) is 2. The molecule has 0 spiro atoms. The molecule has 1 aromatic heterocycles. The average Bonchev–Trinajstić information content (AvgIpc) is 3.09. The lowest BCUT2D eigenvalue weighted by molar-refractivity contribution is -0.136. The Kier molecular flexibility index (Phi) is 7.63. The molecule has 6 nitrogen and oxygen atoms in total. The van der Waals surface area contributed by atoms with E-state index in [-0.39, 0.29) is 33.2 Å². The largest absolute Gasteiger partial charge is 0.462 e. The van der Waals surface area contributed by atoms with Crippen LogP contribution in [0.1, 0.15) is 48.4 Å². The average molecular weight is 511 g/mol. The molecule has 178 valence electrons. The van der Waals surface area contributed by atoms with Crippen molar-refractivity contribution in [1.82, 2.24) is 0 Å². The number of rotatable bonds is 6. The third-order valence-corrected chi connectivity index (χ3v) is 6.07. The van der Waals surface area contributed by atoms with Crippen molar-refractivity contribution in [3.63, 3.8) is 0 Å². The minimum Gasteiger partial charge on any atom is -0.462 e. The Hall–Kier alpha value is -3.37. The lowest BCUT2D eigenvalue weighted by Gasteiger charge is -2.13. The van der Waals surface area contributed by atoms with Gasteiger partial charge in [-0.3, -0.25) is 9.59 Å². The molecule has 0 aliphatic carbocycles. The van der Waals surface area contributed by atoms with E-state index in [1.165, 1.54) is 31.2 Å². The molecule has 34 heavy (non-hydrogen) atoms. The minimum absolute atomic E-state index is 0.0233. The second-order valence-corrected chi connectivity index (χ2v) is 8.40. The number of thiophene rings is 1. The Bertz CT molecular complexity index is 1260. The van der Waals surface area contributed by atoms with Crippen LogP contribution in [-0.4, -0.2) is 24.4 Å². The number of anilines is 2. The first-order chi connectivity index (χ1) is 16.0. The summed E-state index contributed by atoms with van der Waals surface area (Å²) in [6, 6.07) is 10.6. The molecule has 0 aliphatic rings. The highest BCUT2D eigenvalue weighted by Gasteiger charge is 2.34. The SMILES string of the molecule is CCOC(=O)c1c(NC(=O)c2cccc(Cl)c2)sc(C(=O)Nc2ccccc2C(F)(F)F)c1C. The summed E-state index contributed by atoms with van der Waals surface area (Å²) in [4.78, 5) is 38.1. The van der Waals surface area contributed by atoms with Crippen LogP contribution in [0.15, 0.2) is 48.5 Å². The van der Waals surface area contributed by atoms with Crippen molar-refractivity contribution in [2.75, 3.05) is 17.2 Å². The second kappa shape index (κ2) is 10.3. The highest BCUT2D eigenvalue weighted by Crippen LogP contribution is 2.37. The number of hydrogen-bond donors (Lipinski definition) is 2. The summed E-state index contributed by atoms with van der Waals surface area (Å²) in [6.45, 7) is 3.07. The van der Waals surface area contributed by atoms with Gasteiger partial charge in [-0.15, -0.1) is 11.3 Å². The number of benzene rings is 2. The topological polar surface area (TPSA) is 84.5 Å². The quantitative estimate of drug-likeness (QED) is 0.375. The van der Waals surface area contributed by atoms with Gasteiger partial charge in [-0.1, -0.05) is 29.8 Å². The maximum Gasteiger partial charge on any atom is 0.418 e. The molecule has 2 aromatic carbocycles. The summed E-state index contributed by atoms with van der Waals surface area (Å²) in [6.07, 6.45) is -4.68. The van der Waals surface area contributed by atoms with E-state index >= 15 is 0 Å². The fourth-order valence-corrected chi connectivity index (χ4v) is 4.37. The molecule has 11 heteroatoms. The van der Waals surface area contributed by atoms with Crippen LogP contribution in [0, 0.1) is 6.92 Å². The normalized spacial score (nSPS) is 11.1. The number of halogens is 4. The van der Waals surface area contributed by atoms with Crippen LogP contribution in [0.2, 0.25) is 5.02 Å². The zero-order valence-corrected chi connectivity index (χ0v) is 19.5. The molecule has 0 unspecified atom stereocenters. The number of hydrogen-bond acceptors (Lipinski definition) is 5. The van der Waals surface area contributed by atoms with Crippen LogP contribution in [0.4, 0.5) is 23.9 Å². The molecule has 0 radical (unpaired) electrons. The molecule has 0 bridgehead atoms. The van der Waals surface area contributed by atoms with Gasteiger partial charge in [-0.25, -0.2) is 4.79 Å². The van der Waals surface area contributed by atoms with E-state index in [1.54, 1.807) is 19.1 Å². The molecule has 3 aromatic rings. The van der Waals surface area contributed by atoms with E-state index in [1.807, 2.05) is 0 Å². The van der Waals surface area contributed by atoms with Crippen molar-refractivity contribution < 1.29 is 32.3 Å². The Labute approximate surface area is 201 Å². The smallest absolute Gasteiger partial charge is 0.418 e. The van der Waals surface area contributed by atoms with E-state index in [4.69, 9.17) is 16.3 Å². The number of para-hydroxylation sites is 1. The first-order valence-electron chi connectivity index (χ1n) is 9.88. The lowest BCUT2D eigenvalue weighted by Crippen LogP contribution is -2.17. The molecular weight excluding hydrogens is 493 g/mol. The summed E-state index contributed by atoms with van der Waals surface area (Å²) >= 11 is 6.67. The van der Waals surface area contributed by atoms with Crippen molar-refractivity contribution in [3.05, 3.63) is 80.7 Å². The van der Waals surface area contributed by atoms with Crippen molar-refractivity contribution in [3.8, 4) is 0 Å². The van der Waals surface area contributed by atoms with Gasteiger partial charge < -0.3 is 15.4 Å². The Balaban J connectivity index is 1.98. The van der Waals surface area contributed by atoms with Gasteiger partial charge in [0.2, 0.25) is 0 Å². The summed E-state index contributed by atoms with van der Waals surface area (Å²) < 4.78 is 45.0. The molecule has 2 amide bonds. The van der Waals surface area contributed by atoms with Crippen LogP contribution in [0.3, 0.4) is 0 Å². The van der Waals surface area contributed by atoms with Crippen molar-refractivity contribution in [2.45, 2.75) is 20.0 Å². The van der Waals surface area contributed by atoms with E-state index in [0.29, 0.717) is 5.02 Å². The first kappa shape index (κ1) is 25.3. The summed E-state index contributed by atoms with van der Waals surface area (Å²) in [5, 5.41) is 5.16. The van der Waals surface area contributed by atoms with Crippen molar-refractivity contribution >= 4 is 51.4 Å². The molecule has 0 fully saturated rings.